The van der Waals surface area contributed by atoms with Gasteiger partial charge in [0.2, 0.25) is 5.91 Å². The van der Waals surface area contributed by atoms with Crippen LogP contribution in [0.15, 0.2) is 36.7 Å². The molecule has 4 rings (SSSR count). The number of hydrogen-bond donors (Lipinski definition) is 0. The largest absolute Gasteiger partial charge is 0.338 e. The summed E-state index contributed by atoms with van der Waals surface area (Å²) in [5.41, 5.74) is 1.34. The molecule has 142 valence electrons. The van der Waals surface area contributed by atoms with Crippen molar-refractivity contribution in [2.24, 2.45) is 5.41 Å². The van der Waals surface area contributed by atoms with Crippen molar-refractivity contribution in [3.05, 3.63) is 59.4 Å². The van der Waals surface area contributed by atoms with E-state index >= 15 is 0 Å². The number of piperidine rings is 1. The monoisotopic (exact) mass is 368 g/mol. The van der Waals surface area contributed by atoms with E-state index in [0.717, 1.165) is 50.3 Å². The summed E-state index contributed by atoms with van der Waals surface area (Å²) < 4.78 is 14.0. The fourth-order valence-corrected chi connectivity index (χ4v) is 4.37. The maximum Gasteiger partial charge on any atom is 0.230 e. The molecule has 0 N–H and O–H groups in total. The molecule has 0 radical (unpaired) electrons. The average Bonchev–Trinajstić information content (AvgIpc) is 3.06. The summed E-state index contributed by atoms with van der Waals surface area (Å²) in [7, 11) is 0. The Morgan fingerprint density at radius 2 is 1.89 bits per heavy atom. The van der Waals surface area contributed by atoms with E-state index in [1.54, 1.807) is 12.1 Å². The molecular formula is C21H25FN4O. The zero-order chi connectivity index (χ0) is 18.9. The van der Waals surface area contributed by atoms with E-state index in [2.05, 4.69) is 14.9 Å². The number of likely N-dealkylation sites (tertiary alicyclic amines) is 2. The molecule has 1 aromatic heterocycles. The summed E-state index contributed by atoms with van der Waals surface area (Å²) in [4.78, 5) is 25.9. The minimum atomic E-state index is -0.324. The molecule has 1 atom stereocenters. The van der Waals surface area contributed by atoms with Gasteiger partial charge < -0.3 is 4.90 Å². The summed E-state index contributed by atoms with van der Waals surface area (Å²) in [6.07, 6.45) is 6.48. The molecule has 2 fully saturated rings. The Labute approximate surface area is 159 Å². The molecule has 2 aromatic rings. The van der Waals surface area contributed by atoms with Crippen LogP contribution in [-0.2, 0) is 17.9 Å². The van der Waals surface area contributed by atoms with Crippen molar-refractivity contribution in [1.29, 1.82) is 0 Å². The van der Waals surface area contributed by atoms with Gasteiger partial charge >= 0.3 is 0 Å². The highest BCUT2D eigenvalue weighted by Gasteiger charge is 2.48. The molecule has 2 aliphatic heterocycles. The quantitative estimate of drug-likeness (QED) is 0.833. The van der Waals surface area contributed by atoms with Gasteiger partial charge in [0.15, 0.2) is 0 Å². The highest BCUT2D eigenvalue weighted by atomic mass is 19.1. The summed E-state index contributed by atoms with van der Waals surface area (Å²) in [6, 6.07) is 6.73. The van der Waals surface area contributed by atoms with Gasteiger partial charge in [-0.2, -0.15) is 0 Å². The summed E-state index contributed by atoms with van der Waals surface area (Å²) in [6.45, 7) is 5.36. The molecule has 1 aromatic carbocycles. The summed E-state index contributed by atoms with van der Waals surface area (Å²) in [5.74, 6) is 0.708. The maximum absolute atomic E-state index is 14.0. The van der Waals surface area contributed by atoms with E-state index < -0.39 is 0 Å². The second-order valence-corrected chi connectivity index (χ2v) is 7.80. The molecule has 1 unspecified atom stereocenters. The number of halogens is 1. The van der Waals surface area contributed by atoms with Crippen LogP contribution in [0.5, 0.6) is 0 Å². The Hall–Kier alpha value is -2.34. The van der Waals surface area contributed by atoms with Crippen LogP contribution < -0.4 is 0 Å². The van der Waals surface area contributed by atoms with Crippen molar-refractivity contribution in [2.45, 2.75) is 39.3 Å². The first-order valence-electron chi connectivity index (χ1n) is 9.58. The molecule has 2 aliphatic rings. The molecule has 1 amide bonds. The first-order chi connectivity index (χ1) is 13.1. The van der Waals surface area contributed by atoms with Crippen LogP contribution in [0.2, 0.25) is 0 Å². The van der Waals surface area contributed by atoms with Gasteiger partial charge in [-0.25, -0.2) is 14.4 Å². The Kier molecular flexibility index (Phi) is 4.91. The van der Waals surface area contributed by atoms with Crippen LogP contribution in [0.4, 0.5) is 4.39 Å². The number of nitrogens with zero attached hydrogens (tertiary/aromatic N) is 4. The molecule has 0 saturated carbocycles. The van der Waals surface area contributed by atoms with E-state index in [0.29, 0.717) is 18.7 Å². The molecule has 5 nitrogen and oxygen atoms in total. The van der Waals surface area contributed by atoms with Gasteiger partial charge in [0.25, 0.3) is 0 Å². The van der Waals surface area contributed by atoms with Gasteiger partial charge in [0.05, 0.1) is 5.41 Å². The molecular weight excluding hydrogens is 343 g/mol. The highest BCUT2D eigenvalue weighted by molar-refractivity contribution is 5.84. The Morgan fingerprint density at radius 1 is 1.11 bits per heavy atom. The average molecular weight is 368 g/mol. The van der Waals surface area contributed by atoms with Gasteiger partial charge in [-0.05, 0) is 38.8 Å². The van der Waals surface area contributed by atoms with E-state index in [4.69, 9.17) is 0 Å². The number of hydrogen-bond acceptors (Lipinski definition) is 4. The standard InChI is InChI=1S/C21H25FN4O/c1-16-23-11-17(12-24-16)13-25-10-8-21(15-25)7-4-9-26(20(21)27)14-18-5-2-3-6-19(18)22/h2-3,5-6,11-12H,4,7-10,13-15H2,1H3. The van der Waals surface area contributed by atoms with Gasteiger partial charge in [0, 0.05) is 49.7 Å². The molecule has 3 heterocycles. The van der Waals surface area contributed by atoms with Crippen LogP contribution in [0, 0.1) is 18.2 Å². The SMILES string of the molecule is Cc1ncc(CN2CCC3(CCCN(Cc4ccccc4F)C3=O)C2)cn1. The van der Waals surface area contributed by atoms with Gasteiger partial charge in [0.1, 0.15) is 11.6 Å². The van der Waals surface area contributed by atoms with Crippen molar-refractivity contribution in [3.8, 4) is 0 Å². The van der Waals surface area contributed by atoms with Crippen LogP contribution in [0.3, 0.4) is 0 Å². The predicted molar refractivity (Wildman–Crippen MR) is 100 cm³/mol. The zero-order valence-corrected chi connectivity index (χ0v) is 15.7. The molecule has 1 spiro atoms. The second kappa shape index (κ2) is 7.35. The van der Waals surface area contributed by atoms with Crippen molar-refractivity contribution in [1.82, 2.24) is 19.8 Å². The lowest BCUT2D eigenvalue weighted by Crippen LogP contribution is -2.49. The third-order valence-corrected chi connectivity index (χ3v) is 5.82. The van der Waals surface area contributed by atoms with Crippen molar-refractivity contribution < 1.29 is 9.18 Å². The number of benzene rings is 1. The topological polar surface area (TPSA) is 49.3 Å². The molecule has 6 heteroatoms. The maximum atomic E-state index is 14.0. The number of rotatable bonds is 4. The lowest BCUT2D eigenvalue weighted by atomic mass is 9.78. The molecule has 0 bridgehead atoms. The zero-order valence-electron chi connectivity index (χ0n) is 15.7. The first-order valence-corrected chi connectivity index (χ1v) is 9.58. The number of aromatic nitrogens is 2. The van der Waals surface area contributed by atoms with Crippen molar-refractivity contribution in [3.63, 3.8) is 0 Å². The molecule has 2 saturated heterocycles. The normalized spacial score (nSPS) is 23.3. The third kappa shape index (κ3) is 3.72. The van der Waals surface area contributed by atoms with Crippen molar-refractivity contribution >= 4 is 5.91 Å². The van der Waals surface area contributed by atoms with Gasteiger partial charge in [-0.15, -0.1) is 0 Å². The summed E-state index contributed by atoms with van der Waals surface area (Å²) >= 11 is 0. The van der Waals surface area contributed by atoms with Crippen molar-refractivity contribution in [2.75, 3.05) is 19.6 Å². The van der Waals surface area contributed by atoms with E-state index in [9.17, 15) is 9.18 Å². The van der Waals surface area contributed by atoms with E-state index in [1.165, 1.54) is 6.07 Å². The number of aryl methyl sites for hydroxylation is 1. The Bertz CT molecular complexity index is 825. The highest BCUT2D eigenvalue weighted by Crippen LogP contribution is 2.41. The summed E-state index contributed by atoms with van der Waals surface area (Å²) in [5, 5.41) is 0. The Balaban J connectivity index is 1.44. The number of carbonyl (C=O) groups excluding carboxylic acids is 1. The lowest BCUT2D eigenvalue weighted by Gasteiger charge is -2.39. The van der Waals surface area contributed by atoms with E-state index in [1.807, 2.05) is 30.3 Å². The minimum absolute atomic E-state index is 0.180. The molecule has 27 heavy (non-hydrogen) atoms. The van der Waals surface area contributed by atoms with Crippen LogP contribution >= 0.6 is 0 Å². The number of carbonyl (C=O) groups is 1. The first kappa shape index (κ1) is 18.0. The Morgan fingerprint density at radius 3 is 2.67 bits per heavy atom. The third-order valence-electron chi connectivity index (χ3n) is 5.82. The van der Waals surface area contributed by atoms with Crippen LogP contribution in [0.25, 0.3) is 0 Å². The smallest absolute Gasteiger partial charge is 0.230 e. The predicted octanol–water partition coefficient (Wildman–Crippen LogP) is 2.94. The number of amides is 1. The van der Waals surface area contributed by atoms with Crippen LogP contribution in [-0.4, -0.2) is 45.3 Å². The fraction of sp³-hybridized carbons (Fsp3) is 0.476. The van der Waals surface area contributed by atoms with E-state index in [-0.39, 0.29) is 17.1 Å². The van der Waals surface area contributed by atoms with Crippen LogP contribution in [0.1, 0.15) is 36.2 Å². The minimum Gasteiger partial charge on any atom is -0.338 e. The fourth-order valence-electron chi connectivity index (χ4n) is 4.37. The lowest BCUT2D eigenvalue weighted by molar-refractivity contribution is -0.146. The van der Waals surface area contributed by atoms with Gasteiger partial charge in [-0.3, -0.25) is 9.69 Å². The second-order valence-electron chi connectivity index (χ2n) is 7.80. The molecule has 0 aliphatic carbocycles. The van der Waals surface area contributed by atoms with Gasteiger partial charge in [-0.1, -0.05) is 18.2 Å².